The Morgan fingerprint density at radius 2 is 1.63 bits per heavy atom. The zero-order valence-corrected chi connectivity index (χ0v) is 14.9. The molecule has 3 rings (SSSR count). The summed E-state index contributed by atoms with van der Waals surface area (Å²) in [6.07, 6.45) is 0. The second kappa shape index (κ2) is 8.67. The molecule has 2 N–H and O–H groups in total. The molecule has 0 fully saturated rings. The molecule has 5 nitrogen and oxygen atoms in total. The number of amides is 1. The van der Waals surface area contributed by atoms with Crippen molar-refractivity contribution in [3.8, 4) is 11.5 Å². The zero-order valence-electron chi connectivity index (χ0n) is 14.9. The van der Waals surface area contributed by atoms with Gasteiger partial charge in [-0.2, -0.15) is 5.10 Å². The standard InChI is InChI=1S/C22H20N2O3/c1-16(18-11-13-19(25)14-12-18)23-24-22(26)20-9-5-6-10-21(20)27-15-17-7-3-2-4-8-17/h2-14,25H,15H2,1H3,(H,24,26). The molecule has 0 aliphatic heterocycles. The Balaban J connectivity index is 1.69. The lowest BCUT2D eigenvalue weighted by molar-refractivity contribution is 0.0950. The maximum atomic E-state index is 12.5. The molecule has 0 saturated carbocycles. The van der Waals surface area contributed by atoms with Crippen LogP contribution in [0.3, 0.4) is 0 Å². The number of phenolic OH excluding ortho intramolecular Hbond substituents is 1. The van der Waals surface area contributed by atoms with Crippen LogP contribution in [0.5, 0.6) is 11.5 Å². The quantitative estimate of drug-likeness (QED) is 0.513. The molecular weight excluding hydrogens is 340 g/mol. The maximum absolute atomic E-state index is 12.5. The molecule has 0 unspecified atom stereocenters. The number of nitrogens with zero attached hydrogens (tertiary/aromatic N) is 1. The van der Waals surface area contributed by atoms with E-state index >= 15 is 0 Å². The number of phenols is 1. The number of nitrogens with one attached hydrogen (secondary N) is 1. The molecule has 1 amide bonds. The average molecular weight is 360 g/mol. The summed E-state index contributed by atoms with van der Waals surface area (Å²) >= 11 is 0. The van der Waals surface area contributed by atoms with Crippen molar-refractivity contribution in [1.82, 2.24) is 5.43 Å². The van der Waals surface area contributed by atoms with E-state index in [0.717, 1.165) is 11.1 Å². The number of carbonyl (C=O) groups is 1. The molecule has 0 spiro atoms. The molecule has 0 bridgehead atoms. The third-order valence-corrected chi connectivity index (χ3v) is 3.98. The van der Waals surface area contributed by atoms with Crippen molar-refractivity contribution in [2.24, 2.45) is 5.10 Å². The van der Waals surface area contributed by atoms with Crippen molar-refractivity contribution in [1.29, 1.82) is 0 Å². The number of hydrazone groups is 1. The van der Waals surface area contributed by atoms with Gasteiger partial charge in [0, 0.05) is 0 Å². The first-order valence-electron chi connectivity index (χ1n) is 8.53. The molecule has 3 aromatic rings. The van der Waals surface area contributed by atoms with Crippen LogP contribution in [0.15, 0.2) is 84.0 Å². The molecule has 0 aliphatic rings. The zero-order chi connectivity index (χ0) is 19.1. The molecule has 136 valence electrons. The summed E-state index contributed by atoms with van der Waals surface area (Å²) in [4.78, 5) is 12.5. The van der Waals surface area contributed by atoms with E-state index in [-0.39, 0.29) is 11.7 Å². The second-order valence-corrected chi connectivity index (χ2v) is 5.96. The summed E-state index contributed by atoms with van der Waals surface area (Å²) in [5.74, 6) is 0.327. The van der Waals surface area contributed by atoms with Crippen LogP contribution in [-0.4, -0.2) is 16.7 Å². The van der Waals surface area contributed by atoms with Crippen molar-refractivity contribution in [3.63, 3.8) is 0 Å². The van der Waals surface area contributed by atoms with Gasteiger partial charge in [-0.3, -0.25) is 4.79 Å². The van der Waals surface area contributed by atoms with E-state index in [1.807, 2.05) is 36.4 Å². The molecule has 27 heavy (non-hydrogen) atoms. The van der Waals surface area contributed by atoms with Gasteiger partial charge < -0.3 is 9.84 Å². The van der Waals surface area contributed by atoms with Gasteiger partial charge in [-0.25, -0.2) is 5.43 Å². The van der Waals surface area contributed by atoms with Gasteiger partial charge >= 0.3 is 0 Å². The molecule has 0 aromatic heterocycles. The van der Waals surface area contributed by atoms with Crippen molar-refractivity contribution in [2.75, 3.05) is 0 Å². The number of ether oxygens (including phenoxy) is 1. The monoisotopic (exact) mass is 360 g/mol. The van der Waals surface area contributed by atoms with Gasteiger partial charge in [-0.15, -0.1) is 0 Å². The SMILES string of the molecule is CC(=NNC(=O)c1ccccc1OCc1ccccc1)c1ccc(O)cc1. The van der Waals surface area contributed by atoms with Crippen LogP contribution in [0, 0.1) is 0 Å². The topological polar surface area (TPSA) is 70.9 Å². The van der Waals surface area contributed by atoms with Crippen LogP contribution in [0.25, 0.3) is 0 Å². The molecule has 0 radical (unpaired) electrons. The van der Waals surface area contributed by atoms with E-state index < -0.39 is 0 Å². The van der Waals surface area contributed by atoms with E-state index in [0.29, 0.717) is 23.6 Å². The molecule has 0 atom stereocenters. The maximum Gasteiger partial charge on any atom is 0.275 e. The van der Waals surface area contributed by atoms with E-state index in [1.165, 1.54) is 0 Å². The van der Waals surface area contributed by atoms with Crippen LogP contribution in [0.4, 0.5) is 0 Å². The van der Waals surface area contributed by atoms with Gasteiger partial charge in [-0.05, 0) is 54.4 Å². The van der Waals surface area contributed by atoms with E-state index in [2.05, 4.69) is 10.5 Å². The highest BCUT2D eigenvalue weighted by atomic mass is 16.5. The molecule has 3 aromatic carbocycles. The summed E-state index contributed by atoms with van der Waals surface area (Å²) < 4.78 is 5.81. The number of hydrogen-bond acceptors (Lipinski definition) is 4. The Morgan fingerprint density at radius 1 is 0.963 bits per heavy atom. The molecular formula is C22H20N2O3. The Hall–Kier alpha value is -3.60. The summed E-state index contributed by atoms with van der Waals surface area (Å²) in [7, 11) is 0. The van der Waals surface area contributed by atoms with Crippen LogP contribution in [-0.2, 0) is 6.61 Å². The first kappa shape index (κ1) is 18.2. The second-order valence-electron chi connectivity index (χ2n) is 5.96. The van der Waals surface area contributed by atoms with Crippen molar-refractivity contribution in [2.45, 2.75) is 13.5 Å². The highest BCUT2D eigenvalue weighted by Crippen LogP contribution is 2.19. The Kier molecular flexibility index (Phi) is 5.84. The van der Waals surface area contributed by atoms with Crippen LogP contribution < -0.4 is 10.2 Å². The Labute approximate surface area is 157 Å². The van der Waals surface area contributed by atoms with Crippen LogP contribution in [0.1, 0.15) is 28.4 Å². The van der Waals surface area contributed by atoms with Crippen LogP contribution in [0.2, 0.25) is 0 Å². The number of benzene rings is 3. The summed E-state index contributed by atoms with van der Waals surface area (Å²) in [6, 6.07) is 23.4. The lowest BCUT2D eigenvalue weighted by atomic mass is 10.1. The number of hydrogen-bond donors (Lipinski definition) is 2. The fourth-order valence-corrected chi connectivity index (χ4v) is 2.48. The normalized spacial score (nSPS) is 11.1. The van der Waals surface area contributed by atoms with Gasteiger partial charge in [0.2, 0.25) is 0 Å². The number of aromatic hydroxyl groups is 1. The van der Waals surface area contributed by atoms with Crippen LogP contribution >= 0.6 is 0 Å². The smallest absolute Gasteiger partial charge is 0.275 e. The Morgan fingerprint density at radius 3 is 2.37 bits per heavy atom. The number of para-hydroxylation sites is 1. The van der Waals surface area contributed by atoms with Crippen molar-refractivity contribution in [3.05, 3.63) is 95.6 Å². The van der Waals surface area contributed by atoms with E-state index in [4.69, 9.17) is 4.74 Å². The molecule has 5 heteroatoms. The number of carbonyl (C=O) groups excluding carboxylic acids is 1. The fourth-order valence-electron chi connectivity index (χ4n) is 2.48. The third kappa shape index (κ3) is 4.95. The summed E-state index contributed by atoms with van der Waals surface area (Å²) in [5.41, 5.74) is 5.43. The lowest BCUT2D eigenvalue weighted by Crippen LogP contribution is -2.20. The fraction of sp³-hybridized carbons (Fsp3) is 0.0909. The molecule has 0 saturated heterocycles. The Bertz CT molecular complexity index is 935. The number of rotatable bonds is 6. The van der Waals surface area contributed by atoms with E-state index in [1.54, 1.807) is 49.4 Å². The van der Waals surface area contributed by atoms with E-state index in [9.17, 15) is 9.90 Å². The van der Waals surface area contributed by atoms with Gasteiger partial charge in [0.1, 0.15) is 18.1 Å². The van der Waals surface area contributed by atoms with Gasteiger partial charge in [0.25, 0.3) is 5.91 Å². The predicted molar refractivity (Wildman–Crippen MR) is 105 cm³/mol. The highest BCUT2D eigenvalue weighted by Gasteiger charge is 2.12. The largest absolute Gasteiger partial charge is 0.508 e. The van der Waals surface area contributed by atoms with Crippen molar-refractivity contribution >= 4 is 11.6 Å². The lowest BCUT2D eigenvalue weighted by Gasteiger charge is -2.11. The van der Waals surface area contributed by atoms with Gasteiger partial charge in [-0.1, -0.05) is 42.5 Å². The first-order valence-corrected chi connectivity index (χ1v) is 8.53. The highest BCUT2D eigenvalue weighted by molar-refractivity contribution is 6.01. The summed E-state index contributed by atoms with van der Waals surface area (Å²) in [6.45, 7) is 2.16. The summed E-state index contributed by atoms with van der Waals surface area (Å²) in [5, 5.41) is 13.5. The minimum absolute atomic E-state index is 0.181. The van der Waals surface area contributed by atoms with Crippen molar-refractivity contribution < 1.29 is 14.6 Å². The minimum atomic E-state index is -0.350. The average Bonchev–Trinajstić information content (AvgIpc) is 2.71. The van der Waals surface area contributed by atoms with Gasteiger partial charge in [0.05, 0.1) is 11.3 Å². The molecule has 0 heterocycles. The van der Waals surface area contributed by atoms with Gasteiger partial charge in [0.15, 0.2) is 0 Å². The minimum Gasteiger partial charge on any atom is -0.508 e. The third-order valence-electron chi connectivity index (χ3n) is 3.98. The predicted octanol–water partition coefficient (Wildman–Crippen LogP) is 4.13. The molecule has 0 aliphatic carbocycles. The first-order chi connectivity index (χ1) is 13.1.